The molecule has 2 N–H and O–H groups in total. The van der Waals surface area contributed by atoms with Gasteiger partial charge in [-0.3, -0.25) is 4.99 Å². The van der Waals surface area contributed by atoms with Gasteiger partial charge < -0.3 is 25.0 Å². The summed E-state index contributed by atoms with van der Waals surface area (Å²) in [6, 6.07) is 7.78. The number of nitrogens with one attached hydrogen (secondary N) is 2. The number of likely N-dealkylation sites (tertiary alicyclic amines) is 1. The summed E-state index contributed by atoms with van der Waals surface area (Å²) >= 11 is 0. The molecule has 0 aromatic heterocycles. The number of halogens is 1. The highest BCUT2D eigenvalue weighted by Crippen LogP contribution is 2.30. The van der Waals surface area contributed by atoms with Crippen LogP contribution in [-0.4, -0.2) is 63.3 Å². The Morgan fingerprint density at radius 3 is 2.68 bits per heavy atom. The molecule has 0 bridgehead atoms. The number of fused-ring (bicyclic) bond motifs is 1. The third kappa shape index (κ3) is 6.22. The van der Waals surface area contributed by atoms with Gasteiger partial charge in [0.15, 0.2) is 17.5 Å². The van der Waals surface area contributed by atoms with Gasteiger partial charge in [-0.25, -0.2) is 0 Å². The monoisotopic (exact) mass is 460 g/mol. The number of benzene rings is 1. The Kier molecular flexibility index (Phi) is 8.60. The van der Waals surface area contributed by atoms with Gasteiger partial charge in [0.1, 0.15) is 12.7 Å². The third-order valence-electron chi connectivity index (χ3n) is 4.46. The second kappa shape index (κ2) is 10.7. The van der Waals surface area contributed by atoms with Crippen molar-refractivity contribution in [3.63, 3.8) is 0 Å². The van der Waals surface area contributed by atoms with Crippen molar-refractivity contribution < 1.29 is 9.47 Å². The van der Waals surface area contributed by atoms with Crippen LogP contribution in [0.2, 0.25) is 0 Å². The van der Waals surface area contributed by atoms with Crippen molar-refractivity contribution in [3.8, 4) is 11.5 Å². The number of guanidine groups is 1. The van der Waals surface area contributed by atoms with Crippen LogP contribution < -0.4 is 20.1 Å². The number of rotatable bonds is 5. The van der Waals surface area contributed by atoms with Gasteiger partial charge in [-0.15, -0.1) is 24.0 Å². The molecule has 0 saturated carbocycles. The quantitative estimate of drug-likeness (QED) is 0.401. The Morgan fingerprint density at radius 2 is 1.92 bits per heavy atom. The predicted molar refractivity (Wildman–Crippen MR) is 111 cm³/mol. The number of para-hydroxylation sites is 2. The fraction of sp³-hybridized carbons (Fsp3) is 0.611. The van der Waals surface area contributed by atoms with Crippen LogP contribution in [0.1, 0.15) is 19.3 Å². The molecule has 1 unspecified atom stereocenters. The first-order valence-electron chi connectivity index (χ1n) is 8.90. The highest BCUT2D eigenvalue weighted by atomic mass is 127. The van der Waals surface area contributed by atoms with Crippen LogP contribution >= 0.6 is 24.0 Å². The summed E-state index contributed by atoms with van der Waals surface area (Å²) in [5.41, 5.74) is 0. The minimum Gasteiger partial charge on any atom is -0.486 e. The lowest BCUT2D eigenvalue weighted by atomic mass is 10.1. The number of piperidine rings is 1. The molecule has 0 aliphatic carbocycles. The van der Waals surface area contributed by atoms with Gasteiger partial charge in [0.25, 0.3) is 0 Å². The van der Waals surface area contributed by atoms with Crippen LogP contribution in [0.15, 0.2) is 29.3 Å². The van der Waals surface area contributed by atoms with Crippen molar-refractivity contribution >= 4 is 29.9 Å². The minimum absolute atomic E-state index is 0. The third-order valence-corrected chi connectivity index (χ3v) is 4.46. The molecule has 7 heteroatoms. The highest BCUT2D eigenvalue weighted by Gasteiger charge is 2.20. The lowest BCUT2D eigenvalue weighted by Crippen LogP contribution is -2.47. The molecule has 2 heterocycles. The molecule has 1 fully saturated rings. The molecule has 1 atom stereocenters. The summed E-state index contributed by atoms with van der Waals surface area (Å²) in [4.78, 5) is 6.79. The number of aliphatic imine (C=N–C) groups is 1. The fourth-order valence-corrected chi connectivity index (χ4v) is 3.11. The molecule has 6 nitrogen and oxygen atoms in total. The molecule has 0 amide bonds. The van der Waals surface area contributed by atoms with E-state index in [1.54, 1.807) is 7.05 Å². The summed E-state index contributed by atoms with van der Waals surface area (Å²) < 4.78 is 11.7. The molecule has 0 spiro atoms. The molecule has 1 saturated heterocycles. The molecule has 2 aliphatic heterocycles. The Morgan fingerprint density at radius 1 is 1.16 bits per heavy atom. The summed E-state index contributed by atoms with van der Waals surface area (Å²) in [7, 11) is 1.80. The van der Waals surface area contributed by atoms with Crippen molar-refractivity contribution in [2.75, 3.05) is 46.4 Å². The van der Waals surface area contributed by atoms with Gasteiger partial charge in [-0.2, -0.15) is 0 Å². The van der Waals surface area contributed by atoms with Crippen LogP contribution in [0.3, 0.4) is 0 Å². The number of ether oxygens (including phenoxy) is 2. The Balaban J connectivity index is 0.00000225. The van der Waals surface area contributed by atoms with E-state index >= 15 is 0 Å². The maximum atomic E-state index is 5.95. The lowest BCUT2D eigenvalue weighted by Gasteiger charge is -2.28. The summed E-state index contributed by atoms with van der Waals surface area (Å²) in [6.07, 6.45) is 4.02. The predicted octanol–water partition coefficient (Wildman–Crippen LogP) is 2.10. The van der Waals surface area contributed by atoms with E-state index in [1.807, 2.05) is 24.3 Å². The zero-order valence-electron chi connectivity index (χ0n) is 14.9. The maximum absolute atomic E-state index is 5.95. The van der Waals surface area contributed by atoms with E-state index < -0.39 is 0 Å². The first-order chi connectivity index (χ1) is 11.8. The van der Waals surface area contributed by atoms with Gasteiger partial charge in [-0.1, -0.05) is 18.6 Å². The summed E-state index contributed by atoms with van der Waals surface area (Å²) in [5.74, 6) is 2.44. The average molecular weight is 460 g/mol. The first kappa shape index (κ1) is 20.1. The minimum atomic E-state index is -0.0134. The molecule has 3 rings (SSSR count). The summed E-state index contributed by atoms with van der Waals surface area (Å²) in [6.45, 7) is 5.63. The molecule has 2 aliphatic rings. The molecule has 0 radical (unpaired) electrons. The second-order valence-corrected chi connectivity index (χ2v) is 6.28. The Hall–Kier alpha value is -1.22. The zero-order chi connectivity index (χ0) is 16.6. The normalized spacial score (nSPS) is 20.5. The molecule has 140 valence electrons. The largest absolute Gasteiger partial charge is 0.486 e. The fourth-order valence-electron chi connectivity index (χ4n) is 3.11. The Bertz CT molecular complexity index is 550. The van der Waals surface area contributed by atoms with Crippen LogP contribution in [0.25, 0.3) is 0 Å². The topological polar surface area (TPSA) is 58.1 Å². The molecule has 1 aromatic carbocycles. The van der Waals surface area contributed by atoms with Gasteiger partial charge in [0.05, 0.1) is 6.54 Å². The zero-order valence-corrected chi connectivity index (χ0v) is 17.2. The van der Waals surface area contributed by atoms with Crippen molar-refractivity contribution in [3.05, 3.63) is 24.3 Å². The van der Waals surface area contributed by atoms with E-state index in [9.17, 15) is 0 Å². The van der Waals surface area contributed by atoms with Crippen LogP contribution in [0.5, 0.6) is 11.5 Å². The van der Waals surface area contributed by atoms with Crippen LogP contribution in [-0.2, 0) is 0 Å². The molecular weight excluding hydrogens is 431 g/mol. The van der Waals surface area contributed by atoms with Gasteiger partial charge in [0.2, 0.25) is 0 Å². The number of hydrogen-bond acceptors (Lipinski definition) is 4. The SMILES string of the molecule is CN=C(NCCN1CCCCC1)NCC1COc2ccccc2O1.I. The second-order valence-electron chi connectivity index (χ2n) is 6.28. The van der Waals surface area contributed by atoms with Crippen molar-refractivity contribution in [2.45, 2.75) is 25.4 Å². The van der Waals surface area contributed by atoms with E-state index in [4.69, 9.17) is 9.47 Å². The van der Waals surface area contributed by atoms with E-state index in [-0.39, 0.29) is 30.1 Å². The van der Waals surface area contributed by atoms with Gasteiger partial charge in [0, 0.05) is 20.1 Å². The Labute approximate surface area is 167 Å². The molecular formula is C18H29IN4O2. The van der Waals surface area contributed by atoms with Crippen molar-refractivity contribution in [1.29, 1.82) is 0 Å². The standard InChI is InChI=1S/C18H28N4O2.HI/c1-19-18(20-9-12-22-10-5-2-6-11-22)21-13-15-14-23-16-7-3-4-8-17(16)24-15;/h3-4,7-8,15H,2,5-6,9-14H2,1H3,(H2,19,20,21);1H. The lowest BCUT2D eigenvalue weighted by molar-refractivity contribution is 0.0936. The number of hydrogen-bond donors (Lipinski definition) is 2. The van der Waals surface area contributed by atoms with Gasteiger partial charge >= 0.3 is 0 Å². The smallest absolute Gasteiger partial charge is 0.191 e. The van der Waals surface area contributed by atoms with E-state index in [0.29, 0.717) is 13.2 Å². The van der Waals surface area contributed by atoms with E-state index in [2.05, 4.69) is 20.5 Å². The first-order valence-corrected chi connectivity index (χ1v) is 8.90. The van der Waals surface area contributed by atoms with Crippen LogP contribution in [0, 0.1) is 0 Å². The number of nitrogens with zero attached hydrogens (tertiary/aromatic N) is 2. The average Bonchev–Trinajstić information content (AvgIpc) is 2.65. The van der Waals surface area contributed by atoms with Crippen LogP contribution in [0.4, 0.5) is 0 Å². The highest BCUT2D eigenvalue weighted by molar-refractivity contribution is 14.0. The van der Waals surface area contributed by atoms with Gasteiger partial charge in [-0.05, 0) is 38.1 Å². The van der Waals surface area contributed by atoms with Crippen molar-refractivity contribution in [2.24, 2.45) is 4.99 Å². The molecule has 1 aromatic rings. The maximum Gasteiger partial charge on any atom is 0.191 e. The summed E-state index contributed by atoms with van der Waals surface area (Å²) in [5, 5.41) is 6.70. The van der Waals surface area contributed by atoms with E-state index in [1.165, 1.54) is 32.4 Å². The van der Waals surface area contributed by atoms with Crippen molar-refractivity contribution in [1.82, 2.24) is 15.5 Å². The molecule has 25 heavy (non-hydrogen) atoms. The van der Waals surface area contributed by atoms with E-state index in [0.717, 1.165) is 30.5 Å².